The lowest BCUT2D eigenvalue weighted by Gasteiger charge is -2.26. The molecule has 1 heterocycles. The predicted octanol–water partition coefficient (Wildman–Crippen LogP) is 1.42. The van der Waals surface area contributed by atoms with Gasteiger partial charge in [0, 0.05) is 26.2 Å². The molecule has 132 valence electrons. The van der Waals surface area contributed by atoms with Gasteiger partial charge in [0.25, 0.3) is 0 Å². The monoisotopic (exact) mass is 330 g/mol. The molecule has 1 aliphatic heterocycles. The van der Waals surface area contributed by atoms with Gasteiger partial charge in [0.15, 0.2) is 5.96 Å². The molecule has 3 N–H and O–H groups in total. The molecule has 1 fully saturated rings. The van der Waals surface area contributed by atoms with Crippen molar-refractivity contribution in [3.8, 4) is 0 Å². The van der Waals surface area contributed by atoms with Crippen LogP contribution in [0.4, 0.5) is 0 Å². The molecule has 2 aliphatic rings. The molecule has 1 aromatic carbocycles. The third-order valence-corrected chi connectivity index (χ3v) is 5.04. The van der Waals surface area contributed by atoms with Gasteiger partial charge in [-0.15, -0.1) is 0 Å². The predicted molar refractivity (Wildman–Crippen MR) is 98.3 cm³/mol. The number of morpholine rings is 1. The number of hydrogen-bond acceptors (Lipinski definition) is 3. The van der Waals surface area contributed by atoms with Crippen molar-refractivity contribution >= 4 is 5.96 Å². The molecule has 1 aromatic rings. The highest BCUT2D eigenvalue weighted by Gasteiger charge is 2.32. The molecule has 0 saturated carbocycles. The summed E-state index contributed by atoms with van der Waals surface area (Å²) in [5, 5.41) is 3.25. The number of nitrogens with zero attached hydrogens (tertiary/aromatic N) is 2. The molecule has 0 bridgehead atoms. The van der Waals surface area contributed by atoms with E-state index in [1.165, 1.54) is 11.1 Å². The number of fused-ring (bicyclic) bond motifs is 1. The van der Waals surface area contributed by atoms with Crippen molar-refractivity contribution < 1.29 is 4.74 Å². The molecule has 5 heteroatoms. The molecule has 0 aromatic heterocycles. The molecule has 5 nitrogen and oxygen atoms in total. The van der Waals surface area contributed by atoms with Gasteiger partial charge in [-0.05, 0) is 42.3 Å². The van der Waals surface area contributed by atoms with Gasteiger partial charge in [0.1, 0.15) is 0 Å². The summed E-state index contributed by atoms with van der Waals surface area (Å²) in [6, 6.07) is 8.71. The Balaban J connectivity index is 1.37. The largest absolute Gasteiger partial charge is 0.379 e. The summed E-state index contributed by atoms with van der Waals surface area (Å²) in [7, 11) is 0. The molecule has 0 unspecified atom stereocenters. The van der Waals surface area contributed by atoms with Crippen LogP contribution in [0, 0.1) is 5.41 Å². The fourth-order valence-electron chi connectivity index (χ4n) is 3.67. The highest BCUT2D eigenvalue weighted by atomic mass is 16.5. The number of nitrogens with one attached hydrogen (secondary N) is 1. The van der Waals surface area contributed by atoms with Crippen molar-refractivity contribution in [1.82, 2.24) is 10.2 Å². The topological polar surface area (TPSA) is 62.9 Å². The fourth-order valence-corrected chi connectivity index (χ4v) is 3.67. The molecule has 1 saturated heterocycles. The number of hydrogen-bond donors (Lipinski definition) is 2. The maximum atomic E-state index is 6.04. The van der Waals surface area contributed by atoms with Crippen LogP contribution in [0.2, 0.25) is 0 Å². The zero-order chi connectivity index (χ0) is 16.8. The maximum Gasteiger partial charge on any atom is 0.188 e. The SMILES string of the molecule is CC1(CN=C(N)NCCCN2CCOCC2)Cc2ccccc2C1. The van der Waals surface area contributed by atoms with Crippen molar-refractivity contribution in [2.24, 2.45) is 16.1 Å². The molecule has 24 heavy (non-hydrogen) atoms. The maximum absolute atomic E-state index is 6.04. The van der Waals surface area contributed by atoms with Crippen LogP contribution in [0.15, 0.2) is 29.3 Å². The summed E-state index contributed by atoms with van der Waals surface area (Å²) in [5.41, 5.74) is 9.17. The smallest absolute Gasteiger partial charge is 0.188 e. The molecule has 0 amide bonds. The lowest BCUT2D eigenvalue weighted by molar-refractivity contribution is 0.0376. The van der Waals surface area contributed by atoms with E-state index in [1.54, 1.807) is 0 Å². The third-order valence-electron chi connectivity index (χ3n) is 5.04. The van der Waals surface area contributed by atoms with E-state index in [2.05, 4.69) is 46.4 Å². The van der Waals surface area contributed by atoms with Crippen LogP contribution in [-0.4, -0.2) is 56.8 Å². The summed E-state index contributed by atoms with van der Waals surface area (Å²) < 4.78 is 5.36. The number of benzene rings is 1. The molecular weight excluding hydrogens is 300 g/mol. The number of rotatable bonds is 6. The first-order chi connectivity index (χ1) is 11.6. The number of nitrogens with two attached hydrogens (primary N) is 1. The number of guanidine groups is 1. The molecular formula is C19H30N4O. The lowest BCUT2D eigenvalue weighted by Crippen LogP contribution is -2.39. The van der Waals surface area contributed by atoms with E-state index in [1.807, 2.05) is 0 Å². The average Bonchev–Trinajstić information content (AvgIpc) is 2.94. The Bertz CT molecular complexity index is 541. The minimum absolute atomic E-state index is 0.198. The van der Waals surface area contributed by atoms with Crippen LogP contribution in [0.3, 0.4) is 0 Å². The van der Waals surface area contributed by atoms with Crippen molar-refractivity contribution in [3.05, 3.63) is 35.4 Å². The van der Waals surface area contributed by atoms with E-state index in [0.717, 1.165) is 65.2 Å². The normalized spacial score (nSPS) is 20.8. The fraction of sp³-hybridized carbons (Fsp3) is 0.632. The Morgan fingerprint density at radius 1 is 1.25 bits per heavy atom. The van der Waals surface area contributed by atoms with Gasteiger partial charge in [0.2, 0.25) is 0 Å². The third kappa shape index (κ3) is 4.71. The van der Waals surface area contributed by atoms with Crippen LogP contribution >= 0.6 is 0 Å². The van der Waals surface area contributed by atoms with E-state index in [0.29, 0.717) is 5.96 Å². The van der Waals surface area contributed by atoms with Crippen LogP contribution in [0.25, 0.3) is 0 Å². The first kappa shape index (κ1) is 17.2. The van der Waals surface area contributed by atoms with Crippen LogP contribution in [0.5, 0.6) is 0 Å². The Labute approximate surface area is 145 Å². The summed E-state index contributed by atoms with van der Waals surface area (Å²) in [6.07, 6.45) is 3.27. The average molecular weight is 330 g/mol. The van der Waals surface area contributed by atoms with Crippen LogP contribution < -0.4 is 11.1 Å². The van der Waals surface area contributed by atoms with Gasteiger partial charge >= 0.3 is 0 Å². The first-order valence-corrected chi connectivity index (χ1v) is 9.05. The Kier molecular flexibility index (Phi) is 5.74. The molecule has 0 atom stereocenters. The summed E-state index contributed by atoms with van der Waals surface area (Å²) in [4.78, 5) is 7.03. The Morgan fingerprint density at radius 2 is 1.92 bits per heavy atom. The summed E-state index contributed by atoms with van der Waals surface area (Å²) >= 11 is 0. The van der Waals surface area contributed by atoms with Gasteiger partial charge in [-0.25, -0.2) is 0 Å². The second-order valence-electron chi connectivity index (χ2n) is 7.37. The molecule has 0 spiro atoms. The van der Waals surface area contributed by atoms with Gasteiger partial charge in [-0.2, -0.15) is 0 Å². The quantitative estimate of drug-likeness (QED) is 0.470. The highest BCUT2D eigenvalue weighted by Crippen LogP contribution is 2.36. The van der Waals surface area contributed by atoms with E-state index >= 15 is 0 Å². The van der Waals surface area contributed by atoms with Crippen molar-refractivity contribution in [1.29, 1.82) is 0 Å². The summed E-state index contributed by atoms with van der Waals surface area (Å²) in [6.45, 7) is 8.87. The molecule has 3 rings (SSSR count). The van der Waals surface area contributed by atoms with Crippen LogP contribution in [-0.2, 0) is 17.6 Å². The first-order valence-electron chi connectivity index (χ1n) is 9.05. The lowest BCUT2D eigenvalue weighted by atomic mass is 9.87. The second kappa shape index (κ2) is 7.99. The zero-order valence-electron chi connectivity index (χ0n) is 14.8. The minimum Gasteiger partial charge on any atom is -0.379 e. The number of aliphatic imine (C=N–C) groups is 1. The summed E-state index contributed by atoms with van der Waals surface area (Å²) in [5.74, 6) is 0.578. The zero-order valence-corrected chi connectivity index (χ0v) is 14.8. The number of ether oxygens (including phenoxy) is 1. The van der Waals surface area contributed by atoms with Gasteiger partial charge in [-0.1, -0.05) is 31.2 Å². The Hall–Kier alpha value is -1.59. The van der Waals surface area contributed by atoms with Crippen molar-refractivity contribution in [2.45, 2.75) is 26.2 Å². The van der Waals surface area contributed by atoms with Crippen molar-refractivity contribution in [2.75, 3.05) is 45.9 Å². The minimum atomic E-state index is 0.198. The standard InChI is InChI=1S/C19H30N4O/c1-19(13-16-5-2-3-6-17(16)14-19)15-22-18(20)21-7-4-8-23-9-11-24-12-10-23/h2-3,5-6H,4,7-15H2,1H3,(H3,20,21,22). The van der Waals surface area contributed by atoms with Crippen molar-refractivity contribution in [3.63, 3.8) is 0 Å². The van der Waals surface area contributed by atoms with E-state index in [9.17, 15) is 0 Å². The van der Waals surface area contributed by atoms with E-state index in [4.69, 9.17) is 10.5 Å². The van der Waals surface area contributed by atoms with Gasteiger partial charge in [-0.3, -0.25) is 9.89 Å². The molecule has 1 aliphatic carbocycles. The van der Waals surface area contributed by atoms with E-state index in [-0.39, 0.29) is 5.41 Å². The molecule has 0 radical (unpaired) electrons. The van der Waals surface area contributed by atoms with Crippen LogP contribution in [0.1, 0.15) is 24.5 Å². The second-order valence-corrected chi connectivity index (χ2v) is 7.37. The van der Waals surface area contributed by atoms with Gasteiger partial charge in [0.05, 0.1) is 13.2 Å². The highest BCUT2D eigenvalue weighted by molar-refractivity contribution is 5.77. The van der Waals surface area contributed by atoms with E-state index < -0.39 is 0 Å². The Morgan fingerprint density at radius 3 is 2.58 bits per heavy atom. The van der Waals surface area contributed by atoms with Gasteiger partial charge < -0.3 is 15.8 Å².